The molecule has 4 amide bonds. The van der Waals surface area contributed by atoms with Crippen molar-refractivity contribution in [2.75, 3.05) is 47.0 Å². The molecule has 9 heteroatoms. The number of aromatic nitrogens is 1. The Bertz CT molecular complexity index is 963. The summed E-state index contributed by atoms with van der Waals surface area (Å²) < 4.78 is 10.2. The first-order chi connectivity index (χ1) is 14.5. The summed E-state index contributed by atoms with van der Waals surface area (Å²) in [6, 6.07) is 7.19. The normalized spacial score (nSPS) is 18.0. The van der Waals surface area contributed by atoms with Crippen molar-refractivity contribution < 1.29 is 23.9 Å². The van der Waals surface area contributed by atoms with Gasteiger partial charge in [-0.1, -0.05) is 0 Å². The van der Waals surface area contributed by atoms with Crippen LogP contribution in [0, 0.1) is 0 Å². The molecular weight excluding hydrogens is 388 g/mol. The molecule has 0 unspecified atom stereocenters. The van der Waals surface area contributed by atoms with Crippen molar-refractivity contribution in [1.29, 1.82) is 0 Å². The average molecular weight is 414 g/mol. The Labute approximate surface area is 174 Å². The minimum atomic E-state index is -0.258. The van der Waals surface area contributed by atoms with Gasteiger partial charge in [-0.05, 0) is 31.0 Å². The number of urea groups is 1. The zero-order valence-electron chi connectivity index (χ0n) is 17.2. The van der Waals surface area contributed by atoms with E-state index in [2.05, 4.69) is 4.98 Å². The van der Waals surface area contributed by atoms with Gasteiger partial charge < -0.3 is 24.3 Å². The zero-order chi connectivity index (χ0) is 21.3. The first-order valence-electron chi connectivity index (χ1n) is 10.1. The van der Waals surface area contributed by atoms with Gasteiger partial charge in [0.2, 0.25) is 5.91 Å². The molecule has 2 fully saturated rings. The maximum Gasteiger partial charge on any atom is 0.327 e. The molecule has 0 atom stereocenters. The lowest BCUT2D eigenvalue weighted by Crippen LogP contribution is -2.48. The van der Waals surface area contributed by atoms with E-state index < -0.39 is 0 Å². The van der Waals surface area contributed by atoms with Crippen LogP contribution in [0.2, 0.25) is 0 Å². The van der Waals surface area contributed by atoms with Gasteiger partial charge in [-0.15, -0.1) is 0 Å². The van der Waals surface area contributed by atoms with Crippen molar-refractivity contribution >= 4 is 28.7 Å². The summed E-state index contributed by atoms with van der Waals surface area (Å²) >= 11 is 0. The highest BCUT2D eigenvalue weighted by atomic mass is 16.5. The first kappa shape index (κ1) is 20.2. The number of carbonyl (C=O) groups is 3. The fraction of sp³-hybridized carbons (Fsp3) is 0.476. The van der Waals surface area contributed by atoms with Crippen LogP contribution < -0.4 is 4.74 Å². The molecule has 3 heterocycles. The highest BCUT2D eigenvalue weighted by Crippen LogP contribution is 2.25. The minimum Gasteiger partial charge on any atom is -0.497 e. The van der Waals surface area contributed by atoms with E-state index in [-0.39, 0.29) is 37.0 Å². The molecule has 0 aliphatic carbocycles. The fourth-order valence-electron chi connectivity index (χ4n) is 4.15. The summed E-state index contributed by atoms with van der Waals surface area (Å²) in [6.07, 6.45) is 1.30. The topological polar surface area (TPSA) is 95.2 Å². The molecule has 0 radical (unpaired) electrons. The molecule has 4 rings (SSSR count). The maximum atomic E-state index is 12.9. The third kappa shape index (κ3) is 3.72. The molecule has 2 saturated heterocycles. The summed E-state index contributed by atoms with van der Waals surface area (Å²) in [4.78, 5) is 45.5. The van der Waals surface area contributed by atoms with E-state index in [0.29, 0.717) is 38.2 Å². The highest BCUT2D eigenvalue weighted by Gasteiger charge is 2.40. The molecule has 0 spiro atoms. The predicted molar refractivity (Wildman–Crippen MR) is 109 cm³/mol. The number of hydrogen-bond donors (Lipinski definition) is 1. The number of aromatic amines is 1. The monoisotopic (exact) mass is 414 g/mol. The third-order valence-electron chi connectivity index (χ3n) is 5.85. The number of fused-ring (bicyclic) bond motifs is 1. The van der Waals surface area contributed by atoms with E-state index in [9.17, 15) is 14.4 Å². The molecular formula is C21H26N4O5. The van der Waals surface area contributed by atoms with Gasteiger partial charge in [-0.2, -0.15) is 0 Å². The van der Waals surface area contributed by atoms with Crippen LogP contribution >= 0.6 is 0 Å². The van der Waals surface area contributed by atoms with Crippen LogP contribution in [0.25, 0.3) is 10.9 Å². The minimum absolute atomic E-state index is 0.0370. The number of nitrogens with one attached hydrogen (secondary N) is 1. The van der Waals surface area contributed by atoms with Gasteiger partial charge in [-0.25, -0.2) is 4.79 Å². The van der Waals surface area contributed by atoms with Gasteiger partial charge in [0.25, 0.3) is 5.91 Å². The van der Waals surface area contributed by atoms with Crippen LogP contribution in [0.4, 0.5) is 4.79 Å². The molecule has 30 heavy (non-hydrogen) atoms. The van der Waals surface area contributed by atoms with E-state index in [1.807, 2.05) is 24.3 Å². The summed E-state index contributed by atoms with van der Waals surface area (Å²) in [5.74, 6) is 0.478. The first-order valence-corrected chi connectivity index (χ1v) is 10.1. The summed E-state index contributed by atoms with van der Waals surface area (Å²) in [5.41, 5.74) is 1.39. The molecule has 9 nitrogen and oxygen atoms in total. The number of methoxy groups -OCH3 is 2. The van der Waals surface area contributed by atoms with Gasteiger partial charge in [0, 0.05) is 43.2 Å². The number of piperidine rings is 1. The largest absolute Gasteiger partial charge is 0.497 e. The van der Waals surface area contributed by atoms with Crippen molar-refractivity contribution in [2.45, 2.75) is 18.9 Å². The molecule has 2 aliphatic heterocycles. The summed E-state index contributed by atoms with van der Waals surface area (Å²) in [6.45, 7) is 1.78. The third-order valence-corrected chi connectivity index (χ3v) is 5.85. The number of carbonyl (C=O) groups excluding carboxylic acids is 3. The quantitative estimate of drug-likeness (QED) is 0.726. The molecule has 2 aliphatic rings. The molecule has 1 N–H and O–H groups in total. The van der Waals surface area contributed by atoms with Gasteiger partial charge in [0.15, 0.2) is 0 Å². The number of imide groups is 1. The zero-order valence-corrected chi connectivity index (χ0v) is 17.2. The maximum absolute atomic E-state index is 12.9. The van der Waals surface area contributed by atoms with Crippen LogP contribution in [0.5, 0.6) is 5.75 Å². The van der Waals surface area contributed by atoms with Crippen molar-refractivity contribution in [3.05, 3.63) is 30.0 Å². The smallest absolute Gasteiger partial charge is 0.327 e. The van der Waals surface area contributed by atoms with Gasteiger partial charge in [0.1, 0.15) is 18.0 Å². The lowest BCUT2D eigenvalue weighted by molar-refractivity contribution is -0.125. The van der Waals surface area contributed by atoms with Crippen LogP contribution in [0.3, 0.4) is 0 Å². The molecule has 1 aromatic heterocycles. The average Bonchev–Trinajstić information content (AvgIpc) is 3.32. The summed E-state index contributed by atoms with van der Waals surface area (Å²) in [7, 11) is 3.15. The van der Waals surface area contributed by atoms with E-state index in [1.54, 1.807) is 24.0 Å². The molecule has 0 bridgehead atoms. The second-order valence-electron chi connectivity index (χ2n) is 7.61. The van der Waals surface area contributed by atoms with E-state index in [0.717, 1.165) is 16.7 Å². The Morgan fingerprint density at radius 1 is 1.17 bits per heavy atom. The van der Waals surface area contributed by atoms with Crippen LogP contribution in [-0.4, -0.2) is 90.6 Å². The Morgan fingerprint density at radius 2 is 1.93 bits per heavy atom. The Hall–Kier alpha value is -3.07. The van der Waals surface area contributed by atoms with Crippen molar-refractivity contribution in [1.82, 2.24) is 19.7 Å². The van der Waals surface area contributed by atoms with Crippen molar-refractivity contribution in [3.63, 3.8) is 0 Å². The lowest BCUT2D eigenvalue weighted by atomic mass is 10.0. The Kier molecular flexibility index (Phi) is 5.63. The second kappa shape index (κ2) is 8.35. The van der Waals surface area contributed by atoms with Gasteiger partial charge in [0.05, 0.1) is 20.3 Å². The summed E-state index contributed by atoms with van der Waals surface area (Å²) in [5, 5.41) is 0.950. The number of H-pyrrole nitrogens is 1. The van der Waals surface area contributed by atoms with Crippen molar-refractivity contribution in [2.24, 2.45) is 0 Å². The number of amides is 4. The van der Waals surface area contributed by atoms with Gasteiger partial charge in [-0.3, -0.25) is 14.5 Å². The number of ether oxygens (including phenoxy) is 2. The molecule has 160 valence electrons. The van der Waals surface area contributed by atoms with Gasteiger partial charge >= 0.3 is 6.03 Å². The number of rotatable bonds is 6. The van der Waals surface area contributed by atoms with Crippen LogP contribution in [-0.2, 0) is 9.53 Å². The number of benzene rings is 1. The molecule has 0 saturated carbocycles. The fourth-order valence-corrected chi connectivity index (χ4v) is 4.15. The second-order valence-corrected chi connectivity index (χ2v) is 7.61. The molecule has 1 aromatic carbocycles. The van der Waals surface area contributed by atoms with Crippen LogP contribution in [0.1, 0.15) is 23.3 Å². The Morgan fingerprint density at radius 3 is 2.63 bits per heavy atom. The van der Waals surface area contributed by atoms with E-state index in [4.69, 9.17) is 9.47 Å². The lowest BCUT2D eigenvalue weighted by Gasteiger charge is -2.36. The number of likely N-dealkylation sites (tertiary alicyclic amines) is 1. The van der Waals surface area contributed by atoms with Crippen molar-refractivity contribution in [3.8, 4) is 5.75 Å². The Balaban J connectivity index is 1.38. The molecule has 2 aromatic rings. The van der Waals surface area contributed by atoms with E-state index >= 15 is 0 Å². The highest BCUT2D eigenvalue weighted by molar-refractivity contribution is 6.02. The number of nitrogens with zero attached hydrogens (tertiary/aromatic N) is 3. The van der Waals surface area contributed by atoms with E-state index in [1.165, 1.54) is 4.90 Å². The SMILES string of the molecule is COCCN1C(=O)CN(C2CCN(C(=O)c3cc4ccc(OC)cc4[nH]3)CC2)C1=O. The van der Waals surface area contributed by atoms with Crippen LogP contribution in [0.15, 0.2) is 24.3 Å². The standard InChI is InChI=1S/C21H26N4O5/c1-29-10-9-24-19(26)13-25(21(24)28)15-5-7-23(8-6-15)20(27)18-11-14-3-4-16(30-2)12-17(14)22-18/h3-4,11-12,15,22H,5-10,13H2,1-2H3. The predicted octanol–water partition coefficient (Wildman–Crippen LogP) is 1.69. The number of hydrogen-bond acceptors (Lipinski definition) is 5.